The molecule has 4 aromatic rings. The van der Waals surface area contributed by atoms with Crippen molar-refractivity contribution >= 4 is 58.6 Å². The number of alkyl halides is 4. The van der Waals surface area contributed by atoms with E-state index < -0.39 is 102 Å². The quantitative estimate of drug-likeness (QED) is 0.135. The molecule has 6 heterocycles. The van der Waals surface area contributed by atoms with Crippen molar-refractivity contribution in [3.05, 3.63) is 47.8 Å². The number of nitrogens with zero attached hydrogens (tertiary/aromatic N) is 6. The Morgan fingerprint density at radius 1 is 0.587 bits per heavy atom. The number of halogens is 4. The van der Waals surface area contributed by atoms with Crippen LogP contribution in [0.1, 0.15) is 157 Å². The SMILES string of the molecule is C[C@@H]1[C@@H]2CN(C(=O)[C@H](C(C)(C)C)NC(=O)O[C@@H]3CC4CC4[C@H]3CCCCCc3nc4ccc(OC(F)F)cc4nc3O2)[C@@H]1[C-]=O.C[C@@H]1[C@@H]2CN(C(=O)[C@H](C(C)(C)C)NC(=O)O[C@]3(C)CCC[C@H]3CCCCCc3nc4ccc(OC(F)F)cc4nc3O2)[C@@H]1[C-]=O.[V].[V]. The summed E-state index contributed by atoms with van der Waals surface area (Å²) in [6.45, 7) is 10.8. The van der Waals surface area contributed by atoms with Crippen LogP contribution in [-0.4, -0.2) is 141 Å². The zero-order valence-corrected chi connectivity index (χ0v) is 56.4. The van der Waals surface area contributed by atoms with Gasteiger partial charge in [-0.2, -0.15) is 17.6 Å². The van der Waals surface area contributed by atoms with Gasteiger partial charge < -0.3 is 58.4 Å². The number of aromatic nitrogens is 4. The molecule has 11 rings (SSSR count). The van der Waals surface area contributed by atoms with Gasteiger partial charge in [0, 0.05) is 49.2 Å². The Bertz CT molecular complexity index is 3200. The number of ether oxygens (including phenoxy) is 6. The molecular weight excluding hydrogens is 1270 g/mol. The van der Waals surface area contributed by atoms with Gasteiger partial charge in [-0.1, -0.05) is 93.2 Å². The van der Waals surface area contributed by atoms with Crippen LogP contribution in [0.3, 0.4) is 0 Å². The summed E-state index contributed by atoms with van der Waals surface area (Å²) >= 11 is 0. The molecule has 3 aliphatic carbocycles. The van der Waals surface area contributed by atoms with E-state index in [1.165, 1.54) is 40.5 Å². The second-order valence-electron chi connectivity index (χ2n) is 28.0. The molecule has 3 saturated carbocycles. The molecule has 0 spiro atoms. The molecule has 14 atom stereocenters. The van der Waals surface area contributed by atoms with Crippen LogP contribution >= 0.6 is 0 Å². The number of alkyl carbamates (subject to hydrolysis) is 2. The normalized spacial score (nSPS) is 30.5. The van der Waals surface area contributed by atoms with Crippen LogP contribution in [0, 0.1) is 46.3 Å². The summed E-state index contributed by atoms with van der Waals surface area (Å²) in [5.74, 6) is 0.261. The first-order valence-electron chi connectivity index (χ1n) is 31.9. The Morgan fingerprint density at radius 3 is 1.52 bits per heavy atom. The third-order valence-corrected chi connectivity index (χ3v) is 19.6. The van der Waals surface area contributed by atoms with E-state index in [4.69, 9.17) is 28.9 Å². The maximum Gasteiger partial charge on any atom is 0.408 e. The second kappa shape index (κ2) is 29.8. The van der Waals surface area contributed by atoms with Gasteiger partial charge in [-0.15, -0.1) is 0 Å². The molecule has 7 aliphatic rings. The molecule has 2 saturated heterocycles. The Morgan fingerprint density at radius 2 is 1.05 bits per heavy atom. The molecule has 2 radical (unpaired) electrons. The third kappa shape index (κ3) is 16.4. The van der Waals surface area contributed by atoms with E-state index >= 15 is 0 Å². The summed E-state index contributed by atoms with van der Waals surface area (Å²) in [5.41, 5.74) is 0.907. The first-order valence-corrected chi connectivity index (χ1v) is 31.9. The van der Waals surface area contributed by atoms with Crippen molar-refractivity contribution < 1.29 is 112 Å². The average molecular weight is 1360 g/mol. The standard InChI is InChI=1S/C33H41F2N4O6.C33H43F2N4O6.2V/c1-17-25(16-40)39-15-27(17)44-29-23(36-22-11-10-19(43-31(34)35)14-24(22)37-29)9-7-5-6-8-20-21-12-18(21)13-26(20)45-32(42)38-28(30(39)41)33(2,3)4;1-19-25(18-40)39-17-26(19)44-28-23(36-22-14-13-21(43-30(34)35)16-24(22)37-28)12-8-6-7-10-20-11-9-15-33(20,5)45-31(42)38-27(29(39)41)32(2,3)4;;/h10-11,14,17-18,20-21,25-28,31H,5-9,12-13,15H2,1-4H3,(H,38,42);13-14,16,19-20,25-27,30H,6-12,15,17H2,1-5H3,(H,38,42);;/q2*-1;;/t17-,18?,20+,21?,25+,26+,27-,28+;19-,20+,25+,26-,27+,33+;;/m00../s1. The minimum atomic E-state index is -2.99. The van der Waals surface area contributed by atoms with Crippen LogP contribution in [0.25, 0.3) is 22.1 Å². The van der Waals surface area contributed by atoms with Crippen LogP contribution in [0.4, 0.5) is 27.2 Å². The Kier molecular flexibility index (Phi) is 23.3. The Balaban J connectivity index is 0.000000232. The van der Waals surface area contributed by atoms with Gasteiger partial charge in [-0.05, 0) is 148 Å². The van der Waals surface area contributed by atoms with Crippen molar-refractivity contribution in [2.45, 2.75) is 220 Å². The molecule has 26 heteroatoms. The number of amides is 4. The summed E-state index contributed by atoms with van der Waals surface area (Å²) in [6.07, 6.45) is 14.4. The summed E-state index contributed by atoms with van der Waals surface area (Å²) in [4.78, 5) is 101. The molecular formula is C66H84F4N8O12V2-2. The van der Waals surface area contributed by atoms with Gasteiger partial charge in [0.25, 0.3) is 0 Å². The smallest absolute Gasteiger partial charge is 0.408 e. The number of rotatable bonds is 6. The molecule has 5 fully saturated rings. The molecule has 2 aromatic carbocycles. The molecule has 2 aromatic heterocycles. The molecule has 2 unspecified atom stereocenters. The molecule has 2 N–H and O–H groups in total. The van der Waals surface area contributed by atoms with Gasteiger partial charge in [-0.3, -0.25) is 9.59 Å². The fourth-order valence-electron chi connectivity index (χ4n) is 14.4. The fourth-order valence-corrected chi connectivity index (χ4v) is 14.4. The number of carbonyl (C=O) groups is 4. The molecule has 92 heavy (non-hydrogen) atoms. The zero-order chi connectivity index (χ0) is 64.6. The summed E-state index contributed by atoms with van der Waals surface area (Å²) < 4.78 is 85.6. The summed E-state index contributed by atoms with van der Waals surface area (Å²) in [7, 11) is 0. The maximum absolute atomic E-state index is 14.1. The predicted molar refractivity (Wildman–Crippen MR) is 321 cm³/mol. The van der Waals surface area contributed by atoms with Gasteiger partial charge in [0.2, 0.25) is 23.6 Å². The van der Waals surface area contributed by atoms with Crippen LogP contribution in [0.5, 0.6) is 23.3 Å². The molecule has 500 valence electrons. The van der Waals surface area contributed by atoms with Crippen molar-refractivity contribution in [2.75, 3.05) is 13.1 Å². The first-order chi connectivity index (χ1) is 42.7. The topological polar surface area (TPSA) is 240 Å². The number of aryl methyl sites for hydroxylation is 2. The van der Waals surface area contributed by atoms with Gasteiger partial charge in [0.05, 0.1) is 35.2 Å². The van der Waals surface area contributed by atoms with Crippen LogP contribution < -0.4 is 29.6 Å². The maximum atomic E-state index is 14.1. The zero-order valence-electron chi connectivity index (χ0n) is 53.6. The number of carbonyl (C=O) groups excluding carboxylic acids is 6. The molecule has 20 nitrogen and oxygen atoms in total. The fraction of sp³-hybridized carbons (Fsp3) is 0.667. The number of benzene rings is 2. The molecule has 4 aliphatic heterocycles. The Hall–Kier alpha value is -5.97. The van der Waals surface area contributed by atoms with E-state index in [-0.39, 0.29) is 85.5 Å². The molecule has 4 amide bonds. The van der Waals surface area contributed by atoms with Gasteiger partial charge in [0.15, 0.2) is 0 Å². The summed E-state index contributed by atoms with van der Waals surface area (Å²) in [6, 6.07) is 5.04. The van der Waals surface area contributed by atoms with E-state index in [2.05, 4.69) is 30.1 Å². The predicted octanol–water partition coefficient (Wildman–Crippen LogP) is 11.0. The van der Waals surface area contributed by atoms with E-state index in [1.807, 2.05) is 61.0 Å². The van der Waals surface area contributed by atoms with Gasteiger partial charge in [-0.25, -0.2) is 42.1 Å². The minimum absolute atomic E-state index is 0. The first kappa shape index (κ1) is 71.9. The number of nitrogens with one attached hydrogen (secondary N) is 2. The van der Waals surface area contributed by atoms with Gasteiger partial charge in [0.1, 0.15) is 58.9 Å². The van der Waals surface area contributed by atoms with Crippen molar-refractivity contribution in [1.82, 2.24) is 40.4 Å². The van der Waals surface area contributed by atoms with Crippen LogP contribution in [0.15, 0.2) is 36.4 Å². The van der Waals surface area contributed by atoms with Crippen LogP contribution in [0.2, 0.25) is 0 Å². The van der Waals surface area contributed by atoms with E-state index in [0.29, 0.717) is 64.1 Å². The Labute approximate surface area is 558 Å². The van der Waals surface area contributed by atoms with Crippen LogP contribution in [-0.2, 0) is 78.6 Å². The van der Waals surface area contributed by atoms with Crippen molar-refractivity contribution in [3.63, 3.8) is 0 Å². The van der Waals surface area contributed by atoms with Gasteiger partial charge >= 0.3 is 25.4 Å². The van der Waals surface area contributed by atoms with E-state index in [1.54, 1.807) is 26.0 Å². The van der Waals surface area contributed by atoms with E-state index in [0.717, 1.165) is 77.0 Å². The van der Waals surface area contributed by atoms with E-state index in [9.17, 15) is 46.3 Å². The minimum Gasteiger partial charge on any atom is -0.540 e. The number of hydrogen-bond acceptors (Lipinski definition) is 16. The second-order valence-corrected chi connectivity index (χ2v) is 28.0. The molecule has 4 bridgehead atoms. The van der Waals surface area contributed by atoms with Crippen molar-refractivity contribution in [2.24, 2.45) is 46.3 Å². The average Bonchev–Trinajstić information content (AvgIpc) is 1.59. The summed E-state index contributed by atoms with van der Waals surface area (Å²) in [5, 5.41) is 5.67. The third-order valence-electron chi connectivity index (χ3n) is 19.6. The largest absolute Gasteiger partial charge is 0.540 e. The number of hydrogen-bond donors (Lipinski definition) is 2. The monoisotopic (exact) mass is 1360 g/mol. The van der Waals surface area contributed by atoms with Crippen molar-refractivity contribution in [1.29, 1.82) is 0 Å². The van der Waals surface area contributed by atoms with Crippen molar-refractivity contribution in [3.8, 4) is 23.3 Å². The number of fused-ring (bicyclic) bond motifs is 12.